The first-order valence-corrected chi connectivity index (χ1v) is 10.4. The molecule has 1 aromatic heterocycles. The molecule has 0 atom stereocenters. The van der Waals surface area contributed by atoms with Crippen LogP contribution in [0.4, 0.5) is 4.39 Å². The first kappa shape index (κ1) is 22.3. The monoisotopic (exact) mass is 444 g/mol. The van der Waals surface area contributed by atoms with E-state index in [1.54, 1.807) is 30.7 Å². The van der Waals surface area contributed by atoms with E-state index in [1.807, 2.05) is 12.1 Å². The zero-order chi connectivity index (χ0) is 22.2. The van der Waals surface area contributed by atoms with Crippen molar-refractivity contribution >= 4 is 23.6 Å². The second-order valence-corrected chi connectivity index (χ2v) is 7.16. The molecule has 0 bridgehead atoms. The Morgan fingerprint density at radius 2 is 1.94 bits per heavy atom. The predicted molar refractivity (Wildman–Crippen MR) is 113 cm³/mol. The van der Waals surface area contributed by atoms with Gasteiger partial charge in [-0.15, -0.1) is 10.2 Å². The number of ether oxygens (including phenoxy) is 2. The largest absolute Gasteiger partial charge is 0.497 e. The number of aromatic nitrogens is 3. The average molecular weight is 444 g/mol. The molecule has 0 saturated heterocycles. The van der Waals surface area contributed by atoms with Gasteiger partial charge in [-0.2, -0.15) is 0 Å². The standard InChI is InChI=1S/C21H21FN4O4S/c1-3-30-19(27)13-31-21-25-24-18(26(21)16-7-9-17(29-2)10-8-16)12-23-20(28)14-5-4-6-15(22)11-14/h4-11H,3,12-13H2,1-2H3,(H,23,28). The fraction of sp³-hybridized carbons (Fsp3) is 0.238. The van der Waals surface area contributed by atoms with Crippen molar-refractivity contribution in [1.29, 1.82) is 0 Å². The highest BCUT2D eigenvalue weighted by Crippen LogP contribution is 2.24. The van der Waals surface area contributed by atoms with Crippen molar-refractivity contribution in [1.82, 2.24) is 20.1 Å². The summed E-state index contributed by atoms with van der Waals surface area (Å²) in [4.78, 5) is 24.1. The fourth-order valence-corrected chi connectivity index (χ4v) is 3.48. The molecule has 0 fully saturated rings. The quantitative estimate of drug-likeness (QED) is 0.400. The maximum absolute atomic E-state index is 13.4. The third-order valence-corrected chi connectivity index (χ3v) is 5.05. The number of halogens is 1. The number of hydrogen-bond acceptors (Lipinski definition) is 7. The molecule has 0 aliphatic heterocycles. The summed E-state index contributed by atoms with van der Waals surface area (Å²) in [7, 11) is 1.57. The number of rotatable bonds is 9. The van der Waals surface area contributed by atoms with Crippen LogP contribution in [0.15, 0.2) is 53.7 Å². The maximum atomic E-state index is 13.4. The van der Waals surface area contributed by atoms with E-state index in [1.165, 1.54) is 30.0 Å². The molecule has 1 heterocycles. The lowest BCUT2D eigenvalue weighted by Crippen LogP contribution is -2.24. The molecule has 2 aromatic carbocycles. The summed E-state index contributed by atoms with van der Waals surface area (Å²) in [5.41, 5.74) is 0.930. The van der Waals surface area contributed by atoms with E-state index in [2.05, 4.69) is 15.5 Å². The van der Waals surface area contributed by atoms with Gasteiger partial charge in [0, 0.05) is 11.3 Å². The zero-order valence-electron chi connectivity index (χ0n) is 17.0. The minimum atomic E-state index is -0.494. The molecule has 0 aliphatic rings. The number of thioether (sulfide) groups is 1. The first-order valence-electron chi connectivity index (χ1n) is 9.42. The van der Waals surface area contributed by atoms with Crippen molar-refractivity contribution < 1.29 is 23.5 Å². The number of carbonyl (C=O) groups excluding carboxylic acids is 2. The molecule has 0 radical (unpaired) electrons. The van der Waals surface area contributed by atoms with Crippen molar-refractivity contribution in [2.45, 2.75) is 18.6 Å². The molecule has 162 valence electrons. The van der Waals surface area contributed by atoms with E-state index >= 15 is 0 Å². The Labute approximate surface area is 182 Å². The van der Waals surface area contributed by atoms with Gasteiger partial charge in [0.1, 0.15) is 11.6 Å². The molecule has 0 spiro atoms. The molecular weight excluding hydrogens is 423 g/mol. The Balaban J connectivity index is 1.82. The van der Waals surface area contributed by atoms with Gasteiger partial charge in [0.05, 0.1) is 26.0 Å². The summed E-state index contributed by atoms with van der Waals surface area (Å²) in [5.74, 6) is -0.105. The molecule has 0 aliphatic carbocycles. The van der Waals surface area contributed by atoms with Crippen LogP contribution in [-0.2, 0) is 16.1 Å². The topological polar surface area (TPSA) is 95.3 Å². The molecule has 1 N–H and O–H groups in total. The molecule has 3 aromatic rings. The van der Waals surface area contributed by atoms with Crippen LogP contribution in [0.25, 0.3) is 5.69 Å². The van der Waals surface area contributed by atoms with E-state index in [-0.39, 0.29) is 23.8 Å². The van der Waals surface area contributed by atoms with Crippen LogP contribution >= 0.6 is 11.8 Å². The Bertz CT molecular complexity index is 1060. The Hall–Kier alpha value is -3.40. The molecule has 0 unspecified atom stereocenters. The molecular formula is C21H21FN4O4S. The number of benzene rings is 2. The lowest BCUT2D eigenvalue weighted by atomic mass is 10.2. The minimum absolute atomic E-state index is 0.0499. The third kappa shape index (κ3) is 5.82. The number of esters is 1. The number of methoxy groups -OCH3 is 1. The molecule has 10 heteroatoms. The Kier molecular flexibility index (Phi) is 7.60. The Morgan fingerprint density at radius 3 is 2.61 bits per heavy atom. The second-order valence-electron chi connectivity index (χ2n) is 6.22. The van der Waals surface area contributed by atoms with Gasteiger partial charge in [0.25, 0.3) is 5.91 Å². The van der Waals surface area contributed by atoms with Gasteiger partial charge in [-0.05, 0) is 49.4 Å². The smallest absolute Gasteiger partial charge is 0.316 e. The number of amides is 1. The van der Waals surface area contributed by atoms with Gasteiger partial charge in [-0.25, -0.2) is 4.39 Å². The van der Waals surface area contributed by atoms with Crippen LogP contribution in [-0.4, -0.2) is 46.1 Å². The van der Waals surface area contributed by atoms with Crippen LogP contribution in [0.2, 0.25) is 0 Å². The summed E-state index contributed by atoms with van der Waals surface area (Å²) < 4.78 is 25.3. The van der Waals surface area contributed by atoms with Crippen LogP contribution in [0.3, 0.4) is 0 Å². The highest BCUT2D eigenvalue weighted by Gasteiger charge is 2.17. The van der Waals surface area contributed by atoms with Crippen molar-refractivity contribution in [3.05, 3.63) is 65.7 Å². The number of carbonyl (C=O) groups is 2. The van der Waals surface area contributed by atoms with Crippen molar-refractivity contribution in [2.24, 2.45) is 0 Å². The highest BCUT2D eigenvalue weighted by atomic mass is 32.2. The SMILES string of the molecule is CCOC(=O)CSc1nnc(CNC(=O)c2cccc(F)c2)n1-c1ccc(OC)cc1. The van der Waals surface area contributed by atoms with Gasteiger partial charge < -0.3 is 14.8 Å². The normalized spacial score (nSPS) is 10.5. The molecule has 8 nitrogen and oxygen atoms in total. The molecule has 0 saturated carbocycles. The second kappa shape index (κ2) is 10.6. The summed E-state index contributed by atoms with van der Waals surface area (Å²) >= 11 is 1.17. The van der Waals surface area contributed by atoms with Gasteiger partial charge >= 0.3 is 5.97 Å². The Morgan fingerprint density at radius 1 is 1.16 bits per heavy atom. The first-order chi connectivity index (χ1) is 15.0. The van der Waals surface area contributed by atoms with Crippen molar-refractivity contribution in [3.63, 3.8) is 0 Å². The minimum Gasteiger partial charge on any atom is -0.497 e. The molecule has 31 heavy (non-hydrogen) atoms. The van der Waals surface area contributed by atoms with E-state index in [0.29, 0.717) is 23.3 Å². The summed E-state index contributed by atoms with van der Waals surface area (Å²) in [6, 6.07) is 12.6. The van der Waals surface area contributed by atoms with Gasteiger partial charge in [-0.3, -0.25) is 14.2 Å². The highest BCUT2D eigenvalue weighted by molar-refractivity contribution is 7.99. The van der Waals surface area contributed by atoms with Crippen LogP contribution in [0.1, 0.15) is 23.1 Å². The number of nitrogens with one attached hydrogen (secondary N) is 1. The van der Waals surface area contributed by atoms with E-state index in [9.17, 15) is 14.0 Å². The van der Waals surface area contributed by atoms with Crippen molar-refractivity contribution in [3.8, 4) is 11.4 Å². The fourth-order valence-electron chi connectivity index (χ4n) is 2.72. The molecule has 1 amide bonds. The summed E-state index contributed by atoms with van der Waals surface area (Å²) in [6.07, 6.45) is 0. The average Bonchev–Trinajstić information content (AvgIpc) is 3.19. The van der Waals surface area contributed by atoms with E-state index < -0.39 is 11.7 Å². The zero-order valence-corrected chi connectivity index (χ0v) is 17.8. The van der Waals surface area contributed by atoms with E-state index in [4.69, 9.17) is 9.47 Å². The van der Waals surface area contributed by atoms with Crippen LogP contribution in [0.5, 0.6) is 5.75 Å². The predicted octanol–water partition coefficient (Wildman–Crippen LogP) is 3.00. The third-order valence-electron chi connectivity index (χ3n) is 4.15. The lowest BCUT2D eigenvalue weighted by Gasteiger charge is -2.11. The molecule has 3 rings (SSSR count). The van der Waals surface area contributed by atoms with Crippen LogP contribution in [0, 0.1) is 5.82 Å². The van der Waals surface area contributed by atoms with Gasteiger partial charge in [-0.1, -0.05) is 17.8 Å². The summed E-state index contributed by atoms with van der Waals surface area (Å²) in [6.45, 7) is 2.08. The lowest BCUT2D eigenvalue weighted by molar-refractivity contribution is -0.139. The maximum Gasteiger partial charge on any atom is 0.316 e. The van der Waals surface area contributed by atoms with Gasteiger partial charge in [0.2, 0.25) is 0 Å². The van der Waals surface area contributed by atoms with E-state index in [0.717, 1.165) is 11.8 Å². The number of hydrogen-bond donors (Lipinski definition) is 1. The van der Waals surface area contributed by atoms with Crippen molar-refractivity contribution in [2.75, 3.05) is 19.5 Å². The van der Waals surface area contributed by atoms with Gasteiger partial charge in [0.15, 0.2) is 11.0 Å². The number of nitrogens with zero attached hydrogens (tertiary/aromatic N) is 3. The van der Waals surface area contributed by atoms with Crippen LogP contribution < -0.4 is 10.1 Å². The summed E-state index contributed by atoms with van der Waals surface area (Å²) in [5, 5.41) is 11.5.